The van der Waals surface area contributed by atoms with E-state index in [2.05, 4.69) is 33.0 Å². The molecular formula is C12H11IN4O. The van der Waals surface area contributed by atoms with E-state index in [0.29, 0.717) is 12.1 Å². The molecule has 1 aliphatic heterocycles. The number of hydrogen-bond donors (Lipinski definition) is 2. The first-order chi connectivity index (χ1) is 8.63. The van der Waals surface area contributed by atoms with Crippen LogP contribution < -0.4 is 11.1 Å². The number of nitrogen functional groups attached to an aromatic ring is 1. The molecule has 0 atom stereocenters. The van der Waals surface area contributed by atoms with Crippen molar-refractivity contribution >= 4 is 39.9 Å². The summed E-state index contributed by atoms with van der Waals surface area (Å²) in [7, 11) is 0. The van der Waals surface area contributed by atoms with Gasteiger partial charge in [-0.05, 0) is 46.7 Å². The highest BCUT2D eigenvalue weighted by Crippen LogP contribution is 2.29. The van der Waals surface area contributed by atoms with Crippen molar-refractivity contribution in [2.24, 2.45) is 0 Å². The second kappa shape index (κ2) is 4.27. The first-order valence-electron chi connectivity index (χ1n) is 5.56. The van der Waals surface area contributed by atoms with Crippen molar-refractivity contribution < 1.29 is 4.79 Å². The minimum atomic E-state index is 0.0447. The van der Waals surface area contributed by atoms with Gasteiger partial charge in [-0.15, -0.1) is 0 Å². The maximum Gasteiger partial charge on any atom is 0.224 e. The molecule has 0 spiro atoms. The number of carbonyl (C=O) groups excluding carboxylic acids is 1. The van der Waals surface area contributed by atoms with Crippen molar-refractivity contribution in [1.82, 2.24) is 9.78 Å². The summed E-state index contributed by atoms with van der Waals surface area (Å²) in [5, 5.41) is 7.09. The van der Waals surface area contributed by atoms with Gasteiger partial charge < -0.3 is 11.1 Å². The Hall–Kier alpha value is -1.57. The maximum atomic E-state index is 11.3. The minimum absolute atomic E-state index is 0.0447. The lowest BCUT2D eigenvalue weighted by Crippen LogP contribution is -2.19. The molecule has 0 saturated heterocycles. The Morgan fingerprint density at radius 2 is 2.22 bits per heavy atom. The zero-order chi connectivity index (χ0) is 12.7. The van der Waals surface area contributed by atoms with Crippen LogP contribution in [0.25, 0.3) is 5.69 Å². The van der Waals surface area contributed by atoms with Crippen molar-refractivity contribution in [3.63, 3.8) is 0 Å². The fourth-order valence-corrected chi connectivity index (χ4v) is 2.45. The van der Waals surface area contributed by atoms with Crippen molar-refractivity contribution in [2.45, 2.75) is 12.8 Å². The summed E-state index contributed by atoms with van der Waals surface area (Å²) in [6, 6.07) is 3.80. The number of nitrogens with zero attached hydrogens (tertiary/aromatic N) is 2. The molecule has 6 heteroatoms. The van der Waals surface area contributed by atoms with E-state index in [1.54, 1.807) is 16.9 Å². The molecule has 1 amide bonds. The van der Waals surface area contributed by atoms with Crippen LogP contribution in [-0.2, 0) is 11.2 Å². The van der Waals surface area contributed by atoms with Crippen LogP contribution in [0.15, 0.2) is 24.5 Å². The quantitative estimate of drug-likeness (QED) is 0.607. The lowest BCUT2D eigenvalue weighted by molar-refractivity contribution is -0.116. The predicted molar refractivity (Wildman–Crippen MR) is 77.6 cm³/mol. The number of nitrogens with two attached hydrogens (primary N) is 1. The van der Waals surface area contributed by atoms with Gasteiger partial charge in [0, 0.05) is 18.3 Å². The summed E-state index contributed by atoms with van der Waals surface area (Å²) >= 11 is 2.20. The van der Waals surface area contributed by atoms with Gasteiger partial charge in [0.25, 0.3) is 0 Å². The third kappa shape index (κ3) is 1.96. The van der Waals surface area contributed by atoms with Gasteiger partial charge in [0.05, 0.1) is 21.1 Å². The number of anilines is 2. The molecule has 1 aromatic heterocycles. The molecule has 0 fully saturated rings. The van der Waals surface area contributed by atoms with Gasteiger partial charge in [0.2, 0.25) is 5.91 Å². The number of hydrogen-bond acceptors (Lipinski definition) is 3. The molecule has 3 rings (SSSR count). The van der Waals surface area contributed by atoms with Gasteiger partial charge in [0.15, 0.2) is 0 Å². The molecule has 5 nitrogen and oxygen atoms in total. The third-order valence-corrected chi connectivity index (χ3v) is 3.50. The summed E-state index contributed by atoms with van der Waals surface area (Å²) in [6.07, 6.45) is 4.96. The topological polar surface area (TPSA) is 72.9 Å². The van der Waals surface area contributed by atoms with E-state index < -0.39 is 0 Å². The van der Waals surface area contributed by atoms with Crippen LogP contribution in [-0.4, -0.2) is 15.7 Å². The van der Waals surface area contributed by atoms with Crippen molar-refractivity contribution in [1.29, 1.82) is 0 Å². The normalized spacial score (nSPS) is 14.2. The number of fused-ring (bicyclic) bond motifs is 1. The van der Waals surface area contributed by atoms with E-state index in [0.717, 1.165) is 26.9 Å². The van der Waals surface area contributed by atoms with Crippen LogP contribution in [0.4, 0.5) is 11.4 Å². The van der Waals surface area contributed by atoms with E-state index in [9.17, 15) is 4.79 Å². The summed E-state index contributed by atoms with van der Waals surface area (Å²) in [4.78, 5) is 11.3. The van der Waals surface area contributed by atoms with E-state index in [1.165, 1.54) is 0 Å². The molecule has 0 radical (unpaired) electrons. The standard InChI is InChI=1S/C12H11IN4O/c13-8-5-15-17(6-8)11-3-7-1-2-12(18)16-10(7)4-9(11)14/h3-6H,1-2,14H2,(H,16,18). The molecule has 3 N–H and O–H groups in total. The number of halogens is 1. The fourth-order valence-electron chi connectivity index (χ4n) is 2.06. The number of aryl methyl sites for hydroxylation is 1. The average Bonchev–Trinajstić information content (AvgIpc) is 2.74. The Bertz CT molecular complexity index is 635. The number of rotatable bonds is 1. The lowest BCUT2D eigenvalue weighted by Gasteiger charge is -2.19. The summed E-state index contributed by atoms with van der Waals surface area (Å²) in [5.74, 6) is 0.0447. The Labute approximate surface area is 117 Å². The molecule has 0 aliphatic carbocycles. The van der Waals surface area contributed by atoms with Gasteiger partial charge in [-0.1, -0.05) is 0 Å². The zero-order valence-corrected chi connectivity index (χ0v) is 11.6. The third-order valence-electron chi connectivity index (χ3n) is 2.95. The monoisotopic (exact) mass is 354 g/mol. The number of amides is 1. The molecule has 2 aromatic rings. The average molecular weight is 354 g/mol. The van der Waals surface area contributed by atoms with Crippen LogP contribution in [0.3, 0.4) is 0 Å². The van der Waals surface area contributed by atoms with Crippen LogP contribution in [0.1, 0.15) is 12.0 Å². The predicted octanol–water partition coefficient (Wildman–Crippen LogP) is 1.94. The van der Waals surface area contributed by atoms with Crippen molar-refractivity contribution in [3.05, 3.63) is 33.7 Å². The van der Waals surface area contributed by atoms with Crippen LogP contribution >= 0.6 is 22.6 Å². The maximum absolute atomic E-state index is 11.3. The van der Waals surface area contributed by atoms with Crippen molar-refractivity contribution in [2.75, 3.05) is 11.1 Å². The largest absolute Gasteiger partial charge is 0.397 e. The molecule has 0 bridgehead atoms. The second-order valence-electron chi connectivity index (χ2n) is 4.22. The number of nitrogens with one attached hydrogen (secondary N) is 1. The fraction of sp³-hybridized carbons (Fsp3) is 0.167. The highest BCUT2D eigenvalue weighted by Gasteiger charge is 2.17. The van der Waals surface area contributed by atoms with Gasteiger partial charge in [0.1, 0.15) is 0 Å². The number of benzene rings is 1. The van der Waals surface area contributed by atoms with Gasteiger partial charge in [-0.3, -0.25) is 4.79 Å². The zero-order valence-electron chi connectivity index (χ0n) is 9.48. The number of aromatic nitrogens is 2. The SMILES string of the molecule is Nc1cc2c(cc1-n1cc(I)cn1)CCC(=O)N2. The molecule has 92 valence electrons. The highest BCUT2D eigenvalue weighted by molar-refractivity contribution is 14.1. The number of carbonyl (C=O) groups is 1. The lowest BCUT2D eigenvalue weighted by atomic mass is 10.0. The smallest absolute Gasteiger partial charge is 0.224 e. The van der Waals surface area contributed by atoms with Crippen LogP contribution in [0, 0.1) is 3.57 Å². The minimum Gasteiger partial charge on any atom is -0.397 e. The summed E-state index contributed by atoms with van der Waals surface area (Å²) in [5.41, 5.74) is 9.39. The van der Waals surface area contributed by atoms with E-state index in [1.807, 2.05) is 12.3 Å². The van der Waals surface area contributed by atoms with E-state index in [4.69, 9.17) is 5.73 Å². The van der Waals surface area contributed by atoms with Crippen molar-refractivity contribution in [3.8, 4) is 5.69 Å². The van der Waals surface area contributed by atoms with Gasteiger partial charge in [-0.25, -0.2) is 4.68 Å². The first-order valence-corrected chi connectivity index (χ1v) is 6.64. The molecule has 2 heterocycles. The highest BCUT2D eigenvalue weighted by atomic mass is 127. The van der Waals surface area contributed by atoms with Crippen LogP contribution in [0.2, 0.25) is 0 Å². The Kier molecular flexibility index (Phi) is 2.73. The van der Waals surface area contributed by atoms with Gasteiger partial charge in [-0.2, -0.15) is 5.10 Å². The van der Waals surface area contributed by atoms with Crippen LogP contribution in [0.5, 0.6) is 0 Å². The Morgan fingerprint density at radius 3 is 2.94 bits per heavy atom. The molecule has 1 aliphatic rings. The summed E-state index contributed by atoms with van der Waals surface area (Å²) < 4.78 is 2.81. The van der Waals surface area contributed by atoms with E-state index in [-0.39, 0.29) is 5.91 Å². The molecule has 1 aromatic carbocycles. The molecular weight excluding hydrogens is 343 g/mol. The van der Waals surface area contributed by atoms with Gasteiger partial charge >= 0.3 is 0 Å². The molecule has 0 unspecified atom stereocenters. The molecule has 18 heavy (non-hydrogen) atoms. The molecule has 0 saturated carbocycles. The Morgan fingerprint density at radius 1 is 1.39 bits per heavy atom. The summed E-state index contributed by atoms with van der Waals surface area (Å²) in [6.45, 7) is 0. The Balaban J connectivity index is 2.09. The first kappa shape index (κ1) is 11.5. The van der Waals surface area contributed by atoms with E-state index >= 15 is 0 Å². The second-order valence-corrected chi connectivity index (χ2v) is 5.47.